The van der Waals surface area contributed by atoms with Gasteiger partial charge in [-0.1, -0.05) is 40.2 Å². The van der Waals surface area contributed by atoms with E-state index in [1.54, 1.807) is 0 Å². The lowest BCUT2D eigenvalue weighted by atomic mass is 10.1. The number of nitrogens with two attached hydrogens (primary N) is 1. The smallest absolute Gasteiger partial charge is 0.119 e. The molecule has 1 heterocycles. The van der Waals surface area contributed by atoms with Gasteiger partial charge in [-0.25, -0.2) is 0 Å². The number of benzene rings is 2. The molecule has 0 amide bonds. The van der Waals surface area contributed by atoms with E-state index in [-0.39, 0.29) is 12.4 Å². The van der Waals surface area contributed by atoms with Crippen LogP contribution in [0, 0.1) is 0 Å². The van der Waals surface area contributed by atoms with Crippen molar-refractivity contribution in [3.8, 4) is 5.75 Å². The maximum Gasteiger partial charge on any atom is 0.119 e. The van der Waals surface area contributed by atoms with Gasteiger partial charge in [0.25, 0.3) is 0 Å². The van der Waals surface area contributed by atoms with Gasteiger partial charge >= 0.3 is 0 Å². The second-order valence-corrected chi connectivity index (χ2v) is 8.66. The summed E-state index contributed by atoms with van der Waals surface area (Å²) in [4.78, 5) is 2.46. The zero-order valence-electron chi connectivity index (χ0n) is 16.0. The average Bonchev–Trinajstić information content (AvgIpc) is 3.32. The van der Waals surface area contributed by atoms with Gasteiger partial charge in [0, 0.05) is 42.1 Å². The molecule has 1 aliphatic carbocycles. The van der Waals surface area contributed by atoms with Crippen LogP contribution < -0.4 is 15.8 Å². The van der Waals surface area contributed by atoms with Crippen LogP contribution in [-0.2, 0) is 6.61 Å². The summed E-state index contributed by atoms with van der Waals surface area (Å²) in [5, 5.41) is 3.70. The van der Waals surface area contributed by atoms with Crippen LogP contribution in [0.5, 0.6) is 5.75 Å². The Balaban J connectivity index is 0.00000225. The van der Waals surface area contributed by atoms with Crippen molar-refractivity contribution in [3.05, 3.63) is 64.1 Å². The second-order valence-electron chi connectivity index (χ2n) is 7.74. The third-order valence-corrected chi connectivity index (χ3v) is 6.03. The van der Waals surface area contributed by atoms with E-state index in [1.165, 1.54) is 17.5 Å². The number of likely N-dealkylation sites (tertiary alicyclic amines) is 1. The molecule has 1 aliphatic heterocycles. The Morgan fingerprint density at radius 1 is 1.18 bits per heavy atom. The highest BCUT2D eigenvalue weighted by atomic mass is 79.9. The van der Waals surface area contributed by atoms with Gasteiger partial charge in [-0.3, -0.25) is 0 Å². The van der Waals surface area contributed by atoms with Crippen molar-refractivity contribution in [1.29, 1.82) is 0 Å². The molecule has 0 unspecified atom stereocenters. The Morgan fingerprint density at radius 3 is 2.71 bits per heavy atom. The van der Waals surface area contributed by atoms with Crippen LogP contribution in [0.1, 0.15) is 29.9 Å². The number of nitrogens with zero attached hydrogens (tertiary/aromatic N) is 1. The summed E-state index contributed by atoms with van der Waals surface area (Å²) in [5.74, 6) is 1.57. The zero-order chi connectivity index (χ0) is 18.6. The summed E-state index contributed by atoms with van der Waals surface area (Å²) in [5.41, 5.74) is 8.54. The number of nitrogens with one attached hydrogen (secondary N) is 1. The van der Waals surface area contributed by atoms with E-state index in [0.717, 1.165) is 42.8 Å². The SMILES string of the molecule is Cl.N[C@@H]1CCN(CCN[C@@H]2C[C@H]2c2ccc(OCc3cccc(Br)c3)cc2)C1. The highest BCUT2D eigenvalue weighted by molar-refractivity contribution is 9.10. The standard InChI is InChI=1S/C22H28BrN3O.ClH/c23-18-3-1-2-16(12-18)15-27-20-6-4-17(5-7-20)21-13-22(21)25-9-11-26-10-8-19(24)14-26;/h1-7,12,19,21-22,25H,8-11,13-15,24H2;1H/t19-,21+,22-;/m1./s1. The van der Waals surface area contributed by atoms with E-state index in [1.807, 2.05) is 12.1 Å². The topological polar surface area (TPSA) is 50.5 Å². The maximum atomic E-state index is 5.97. The molecule has 2 aromatic carbocycles. The lowest BCUT2D eigenvalue weighted by Gasteiger charge is -2.15. The first-order valence-electron chi connectivity index (χ1n) is 9.86. The number of hydrogen-bond donors (Lipinski definition) is 2. The molecule has 4 rings (SSSR count). The predicted molar refractivity (Wildman–Crippen MR) is 120 cm³/mol. The molecule has 2 fully saturated rings. The molecule has 1 saturated carbocycles. The van der Waals surface area contributed by atoms with E-state index < -0.39 is 0 Å². The van der Waals surface area contributed by atoms with E-state index in [4.69, 9.17) is 10.5 Å². The van der Waals surface area contributed by atoms with Crippen molar-refractivity contribution in [1.82, 2.24) is 10.2 Å². The average molecular weight is 467 g/mol. The predicted octanol–water partition coefficient (Wildman–Crippen LogP) is 3.93. The molecule has 6 heteroatoms. The van der Waals surface area contributed by atoms with E-state index in [0.29, 0.717) is 24.6 Å². The fourth-order valence-electron chi connectivity index (χ4n) is 3.87. The first-order chi connectivity index (χ1) is 13.2. The van der Waals surface area contributed by atoms with Crippen molar-refractivity contribution in [2.24, 2.45) is 5.73 Å². The van der Waals surface area contributed by atoms with Crippen LogP contribution in [0.25, 0.3) is 0 Å². The van der Waals surface area contributed by atoms with Crippen molar-refractivity contribution >= 4 is 28.3 Å². The maximum absolute atomic E-state index is 5.97. The van der Waals surface area contributed by atoms with Gasteiger partial charge in [0.05, 0.1) is 0 Å². The van der Waals surface area contributed by atoms with Crippen LogP contribution in [0.15, 0.2) is 53.0 Å². The molecule has 152 valence electrons. The molecule has 1 saturated heterocycles. The van der Waals surface area contributed by atoms with Gasteiger partial charge in [-0.15, -0.1) is 12.4 Å². The highest BCUT2D eigenvalue weighted by Crippen LogP contribution is 2.41. The lowest BCUT2D eigenvalue weighted by molar-refractivity contribution is 0.306. The normalized spacial score (nSPS) is 24.0. The minimum atomic E-state index is 0. The molecule has 0 spiro atoms. The molecule has 0 radical (unpaired) electrons. The summed E-state index contributed by atoms with van der Waals surface area (Å²) < 4.78 is 6.99. The zero-order valence-corrected chi connectivity index (χ0v) is 18.4. The lowest BCUT2D eigenvalue weighted by Crippen LogP contribution is -2.33. The number of ether oxygens (including phenoxy) is 1. The summed E-state index contributed by atoms with van der Waals surface area (Å²) in [6.45, 7) is 4.96. The fraction of sp³-hybridized carbons (Fsp3) is 0.455. The van der Waals surface area contributed by atoms with E-state index >= 15 is 0 Å². The minimum Gasteiger partial charge on any atom is -0.489 e. The third-order valence-electron chi connectivity index (χ3n) is 5.54. The second kappa shape index (κ2) is 10.1. The highest BCUT2D eigenvalue weighted by Gasteiger charge is 2.37. The first kappa shape index (κ1) is 21.6. The fourth-order valence-corrected chi connectivity index (χ4v) is 4.31. The minimum absolute atomic E-state index is 0. The molecule has 4 nitrogen and oxygen atoms in total. The molecule has 3 N–H and O–H groups in total. The van der Waals surface area contributed by atoms with E-state index in [2.05, 4.69) is 62.5 Å². The first-order valence-corrected chi connectivity index (χ1v) is 10.7. The Bertz CT molecular complexity index is 758. The number of hydrogen-bond acceptors (Lipinski definition) is 4. The molecule has 3 atom stereocenters. The van der Waals surface area contributed by atoms with E-state index in [9.17, 15) is 0 Å². The number of halogens is 2. The molecule has 2 aromatic rings. The molecule has 28 heavy (non-hydrogen) atoms. The van der Waals surface area contributed by atoms with Crippen LogP contribution in [0.3, 0.4) is 0 Å². The molecule has 2 aliphatic rings. The Hall–Kier alpha value is -1.11. The quantitative estimate of drug-likeness (QED) is 0.619. The van der Waals surface area contributed by atoms with Gasteiger partial charge in [-0.05, 0) is 54.8 Å². The summed E-state index contributed by atoms with van der Waals surface area (Å²) in [6, 6.07) is 17.8. The summed E-state index contributed by atoms with van der Waals surface area (Å²) in [6.07, 6.45) is 2.37. The van der Waals surface area contributed by atoms with Gasteiger partial charge in [0.2, 0.25) is 0 Å². The monoisotopic (exact) mass is 465 g/mol. The molecular weight excluding hydrogens is 438 g/mol. The third kappa shape index (κ3) is 5.94. The van der Waals surface area contributed by atoms with Crippen LogP contribution >= 0.6 is 28.3 Å². The Morgan fingerprint density at radius 2 is 2.00 bits per heavy atom. The Labute approximate surface area is 182 Å². The summed E-state index contributed by atoms with van der Waals surface area (Å²) in [7, 11) is 0. The van der Waals surface area contributed by atoms with Gasteiger partial charge in [0.15, 0.2) is 0 Å². The summed E-state index contributed by atoms with van der Waals surface area (Å²) >= 11 is 3.50. The van der Waals surface area contributed by atoms with Crippen LogP contribution in [0.4, 0.5) is 0 Å². The van der Waals surface area contributed by atoms with Crippen molar-refractivity contribution in [2.75, 3.05) is 26.2 Å². The molecule has 0 bridgehead atoms. The van der Waals surface area contributed by atoms with Crippen LogP contribution in [0.2, 0.25) is 0 Å². The van der Waals surface area contributed by atoms with Gasteiger partial charge in [0.1, 0.15) is 12.4 Å². The molecular formula is C22H29BrClN3O. The Kier molecular flexibility index (Phi) is 7.77. The van der Waals surface area contributed by atoms with Crippen molar-refractivity contribution in [2.45, 2.75) is 37.5 Å². The number of rotatable bonds is 8. The van der Waals surface area contributed by atoms with Gasteiger partial charge < -0.3 is 20.7 Å². The van der Waals surface area contributed by atoms with Crippen LogP contribution in [-0.4, -0.2) is 43.2 Å². The van der Waals surface area contributed by atoms with Crippen molar-refractivity contribution in [3.63, 3.8) is 0 Å². The largest absolute Gasteiger partial charge is 0.489 e. The molecule has 0 aromatic heterocycles. The van der Waals surface area contributed by atoms with Crippen molar-refractivity contribution < 1.29 is 4.74 Å². The van der Waals surface area contributed by atoms with Gasteiger partial charge in [-0.2, -0.15) is 0 Å².